The smallest absolute Gasteiger partial charge is 0.244 e. The molecule has 1 aliphatic rings. The molecular formula is C21H17ClN4O2. The number of hydrogen-bond donors (Lipinski definition) is 2. The zero-order valence-corrected chi connectivity index (χ0v) is 15.8. The van der Waals surface area contributed by atoms with E-state index in [-0.39, 0.29) is 5.88 Å². The van der Waals surface area contributed by atoms with E-state index < -0.39 is 5.92 Å². The second-order valence-corrected chi connectivity index (χ2v) is 6.69. The number of aromatic nitrogens is 2. The number of allylic oxidation sites excluding steroid dienone is 1. The lowest BCUT2D eigenvalue weighted by Gasteiger charge is -2.24. The number of halogens is 1. The van der Waals surface area contributed by atoms with Gasteiger partial charge in [-0.3, -0.25) is 5.10 Å². The molecule has 0 spiro atoms. The number of aromatic amines is 1. The van der Waals surface area contributed by atoms with Crippen LogP contribution in [-0.2, 0) is 0 Å². The predicted octanol–water partition coefficient (Wildman–Crippen LogP) is 4.35. The van der Waals surface area contributed by atoms with Crippen molar-refractivity contribution >= 4 is 11.6 Å². The van der Waals surface area contributed by atoms with Crippen molar-refractivity contribution in [3.8, 4) is 29.0 Å². The first-order valence-electron chi connectivity index (χ1n) is 8.77. The Morgan fingerprint density at radius 3 is 2.75 bits per heavy atom. The SMILES string of the molecule is CCOc1ccc(-c2[nH]nc3c2[C@@H](c2cccc(Cl)c2)C(C#N)=C(N)O3)cc1. The van der Waals surface area contributed by atoms with E-state index in [4.69, 9.17) is 26.8 Å². The molecule has 4 rings (SSSR count). The van der Waals surface area contributed by atoms with Crippen LogP contribution in [-0.4, -0.2) is 16.8 Å². The first-order chi connectivity index (χ1) is 13.6. The van der Waals surface area contributed by atoms with Gasteiger partial charge in [-0.15, -0.1) is 5.10 Å². The minimum atomic E-state index is -0.437. The number of nitrogens with zero attached hydrogens (tertiary/aromatic N) is 2. The van der Waals surface area contributed by atoms with E-state index in [9.17, 15) is 5.26 Å². The molecule has 0 unspecified atom stereocenters. The number of ether oxygens (including phenoxy) is 2. The third-order valence-corrected chi connectivity index (χ3v) is 4.81. The molecule has 7 heteroatoms. The molecule has 1 atom stereocenters. The molecule has 1 aliphatic heterocycles. The van der Waals surface area contributed by atoms with Crippen LogP contribution in [0.2, 0.25) is 5.02 Å². The lowest BCUT2D eigenvalue weighted by molar-refractivity contribution is 0.340. The topological polar surface area (TPSA) is 97.0 Å². The molecule has 3 N–H and O–H groups in total. The van der Waals surface area contributed by atoms with Gasteiger partial charge in [0.2, 0.25) is 11.8 Å². The summed E-state index contributed by atoms with van der Waals surface area (Å²) in [6, 6.07) is 17.2. The molecule has 28 heavy (non-hydrogen) atoms. The highest BCUT2D eigenvalue weighted by Crippen LogP contribution is 2.46. The standard InChI is InChI=1S/C21H17ClN4O2/c1-2-27-15-8-6-12(7-9-15)19-18-17(13-4-3-5-14(22)10-13)16(11-23)20(24)28-21(18)26-25-19/h3-10,17H,2,24H2,1H3,(H,25,26)/t17-/m0/s1. The molecule has 0 radical (unpaired) electrons. The van der Waals surface area contributed by atoms with Gasteiger partial charge in [0.25, 0.3) is 0 Å². The van der Waals surface area contributed by atoms with Crippen molar-refractivity contribution in [2.75, 3.05) is 6.61 Å². The van der Waals surface area contributed by atoms with Crippen LogP contribution in [0.4, 0.5) is 0 Å². The maximum atomic E-state index is 9.73. The van der Waals surface area contributed by atoms with Crippen LogP contribution in [0.3, 0.4) is 0 Å². The number of fused-ring (bicyclic) bond motifs is 1. The Kier molecular flexibility index (Phi) is 4.68. The summed E-state index contributed by atoms with van der Waals surface area (Å²) in [6.45, 7) is 2.53. The number of nitrogens with two attached hydrogens (primary N) is 1. The van der Waals surface area contributed by atoms with E-state index in [0.717, 1.165) is 28.1 Å². The molecule has 0 aliphatic carbocycles. The minimum Gasteiger partial charge on any atom is -0.494 e. The van der Waals surface area contributed by atoms with Crippen molar-refractivity contribution in [3.63, 3.8) is 0 Å². The van der Waals surface area contributed by atoms with Gasteiger partial charge in [0.1, 0.15) is 17.4 Å². The minimum absolute atomic E-state index is 0.0460. The van der Waals surface area contributed by atoms with Gasteiger partial charge in [0, 0.05) is 10.6 Å². The second-order valence-electron chi connectivity index (χ2n) is 6.25. The molecule has 0 amide bonds. The Morgan fingerprint density at radius 1 is 1.29 bits per heavy atom. The van der Waals surface area contributed by atoms with Crippen LogP contribution < -0.4 is 15.2 Å². The fraction of sp³-hybridized carbons (Fsp3) is 0.143. The fourth-order valence-corrected chi connectivity index (χ4v) is 3.57. The van der Waals surface area contributed by atoms with Crippen molar-refractivity contribution in [3.05, 3.63) is 76.1 Å². The van der Waals surface area contributed by atoms with Crippen LogP contribution in [0.1, 0.15) is 24.0 Å². The third kappa shape index (κ3) is 3.06. The summed E-state index contributed by atoms with van der Waals surface area (Å²) < 4.78 is 11.1. The lowest BCUT2D eigenvalue weighted by atomic mass is 9.83. The normalized spacial score (nSPS) is 15.5. The van der Waals surface area contributed by atoms with Crippen molar-refractivity contribution < 1.29 is 9.47 Å². The average Bonchev–Trinajstić information content (AvgIpc) is 3.11. The van der Waals surface area contributed by atoms with Crippen molar-refractivity contribution in [2.24, 2.45) is 5.73 Å². The first kappa shape index (κ1) is 18.0. The average molecular weight is 393 g/mol. The molecular weight excluding hydrogens is 376 g/mol. The van der Waals surface area contributed by atoms with Gasteiger partial charge in [0.05, 0.1) is 23.8 Å². The molecule has 2 aromatic carbocycles. The third-order valence-electron chi connectivity index (χ3n) is 4.57. The number of nitriles is 1. The summed E-state index contributed by atoms with van der Waals surface area (Å²) >= 11 is 6.20. The van der Waals surface area contributed by atoms with Crippen LogP contribution >= 0.6 is 11.6 Å². The van der Waals surface area contributed by atoms with E-state index in [2.05, 4.69) is 16.3 Å². The highest BCUT2D eigenvalue weighted by atomic mass is 35.5. The summed E-state index contributed by atoms with van der Waals surface area (Å²) in [7, 11) is 0. The van der Waals surface area contributed by atoms with Gasteiger partial charge >= 0.3 is 0 Å². The Balaban J connectivity index is 1.87. The van der Waals surface area contributed by atoms with Gasteiger partial charge in [-0.2, -0.15) is 5.26 Å². The molecule has 1 aromatic heterocycles. The monoisotopic (exact) mass is 392 g/mol. The summed E-state index contributed by atoms with van der Waals surface area (Å²) in [5, 5.41) is 17.6. The zero-order valence-electron chi connectivity index (χ0n) is 15.1. The fourth-order valence-electron chi connectivity index (χ4n) is 3.37. The van der Waals surface area contributed by atoms with E-state index in [1.807, 2.05) is 49.4 Å². The number of benzene rings is 2. The summed E-state index contributed by atoms with van der Waals surface area (Å²) in [5.74, 6) is 0.743. The lowest BCUT2D eigenvalue weighted by Crippen LogP contribution is -2.21. The number of hydrogen-bond acceptors (Lipinski definition) is 5. The molecule has 6 nitrogen and oxygen atoms in total. The van der Waals surface area contributed by atoms with Crippen LogP contribution in [0, 0.1) is 11.3 Å². The van der Waals surface area contributed by atoms with Gasteiger partial charge in [-0.1, -0.05) is 23.7 Å². The first-order valence-corrected chi connectivity index (χ1v) is 9.14. The zero-order chi connectivity index (χ0) is 19.7. The Morgan fingerprint density at radius 2 is 2.07 bits per heavy atom. The highest BCUT2D eigenvalue weighted by molar-refractivity contribution is 6.30. The Labute approximate surface area is 167 Å². The van der Waals surface area contributed by atoms with Crippen LogP contribution in [0.5, 0.6) is 11.6 Å². The number of H-pyrrole nitrogens is 1. The maximum absolute atomic E-state index is 9.73. The number of nitrogens with one attached hydrogen (secondary N) is 1. The molecule has 0 saturated heterocycles. The van der Waals surface area contributed by atoms with Crippen molar-refractivity contribution in [1.29, 1.82) is 5.26 Å². The summed E-state index contributed by atoms with van der Waals surface area (Å²) in [6.07, 6.45) is 0. The van der Waals surface area contributed by atoms with Crippen molar-refractivity contribution in [1.82, 2.24) is 10.2 Å². The molecule has 2 heterocycles. The van der Waals surface area contributed by atoms with Crippen LogP contribution in [0.15, 0.2) is 60.0 Å². The Hall–Kier alpha value is -3.43. The van der Waals surface area contributed by atoms with E-state index in [1.54, 1.807) is 6.07 Å². The van der Waals surface area contributed by atoms with Gasteiger partial charge in [-0.05, 0) is 48.9 Å². The molecule has 0 saturated carbocycles. The second kappa shape index (κ2) is 7.29. The predicted molar refractivity (Wildman–Crippen MR) is 106 cm³/mol. The number of rotatable bonds is 4. The Bertz CT molecular complexity index is 1100. The van der Waals surface area contributed by atoms with Crippen LogP contribution in [0.25, 0.3) is 11.3 Å². The largest absolute Gasteiger partial charge is 0.494 e. The molecule has 140 valence electrons. The quantitative estimate of drug-likeness (QED) is 0.688. The molecule has 0 fully saturated rings. The summed E-state index contributed by atoms with van der Waals surface area (Å²) in [4.78, 5) is 0. The van der Waals surface area contributed by atoms with E-state index >= 15 is 0 Å². The van der Waals surface area contributed by atoms with Gasteiger partial charge in [0.15, 0.2) is 0 Å². The summed E-state index contributed by atoms with van der Waals surface area (Å²) in [5.41, 5.74) is 9.56. The maximum Gasteiger partial charge on any atom is 0.244 e. The molecule has 3 aromatic rings. The van der Waals surface area contributed by atoms with E-state index in [1.165, 1.54) is 0 Å². The van der Waals surface area contributed by atoms with E-state index in [0.29, 0.717) is 23.1 Å². The van der Waals surface area contributed by atoms with Crippen molar-refractivity contribution in [2.45, 2.75) is 12.8 Å². The van der Waals surface area contributed by atoms with Gasteiger partial charge in [-0.25, -0.2) is 0 Å². The molecule has 0 bridgehead atoms. The van der Waals surface area contributed by atoms with Gasteiger partial charge < -0.3 is 15.2 Å². The highest BCUT2D eigenvalue weighted by Gasteiger charge is 2.35.